The van der Waals surface area contributed by atoms with Crippen molar-refractivity contribution < 1.29 is 22.7 Å². The molecule has 2 N–H and O–H groups in total. The zero-order chi connectivity index (χ0) is 22.3. The SMILES string of the molecule is CCOc1ccc(NC(=O)CNc2cccc(OC)c2S(=O)(=O)c2ccccc2)cc1. The molecule has 1 amide bonds. The number of amides is 1. The van der Waals surface area contributed by atoms with Gasteiger partial charge in [-0.2, -0.15) is 0 Å². The Morgan fingerprint density at radius 2 is 1.65 bits per heavy atom. The lowest BCUT2D eigenvalue weighted by atomic mass is 10.3. The number of anilines is 2. The van der Waals surface area contributed by atoms with E-state index in [0.29, 0.717) is 18.0 Å². The summed E-state index contributed by atoms with van der Waals surface area (Å²) in [5.41, 5.74) is 0.892. The predicted molar refractivity (Wildman–Crippen MR) is 120 cm³/mol. The number of sulfone groups is 1. The third-order valence-corrected chi connectivity index (χ3v) is 6.26. The first kappa shape index (κ1) is 22.2. The van der Waals surface area contributed by atoms with Gasteiger partial charge in [-0.3, -0.25) is 4.79 Å². The first-order valence-corrected chi connectivity index (χ1v) is 11.2. The van der Waals surface area contributed by atoms with Crippen molar-refractivity contribution in [3.63, 3.8) is 0 Å². The minimum atomic E-state index is -3.86. The Morgan fingerprint density at radius 3 is 2.29 bits per heavy atom. The highest BCUT2D eigenvalue weighted by Crippen LogP contribution is 2.35. The number of ether oxygens (including phenoxy) is 2. The Kier molecular flexibility index (Phi) is 7.15. The molecule has 3 aromatic rings. The summed E-state index contributed by atoms with van der Waals surface area (Å²) in [5.74, 6) is 0.585. The Hall–Kier alpha value is -3.52. The topological polar surface area (TPSA) is 93.7 Å². The lowest BCUT2D eigenvalue weighted by Gasteiger charge is -2.16. The van der Waals surface area contributed by atoms with Crippen LogP contribution in [-0.4, -0.2) is 34.6 Å². The van der Waals surface area contributed by atoms with Gasteiger partial charge < -0.3 is 20.1 Å². The minimum absolute atomic E-state index is 0.0161. The van der Waals surface area contributed by atoms with Crippen molar-refractivity contribution in [2.45, 2.75) is 16.7 Å². The fraction of sp³-hybridized carbons (Fsp3) is 0.174. The zero-order valence-electron chi connectivity index (χ0n) is 17.3. The van der Waals surface area contributed by atoms with Crippen molar-refractivity contribution in [1.82, 2.24) is 0 Å². The molecule has 3 aromatic carbocycles. The third kappa shape index (κ3) is 5.35. The number of methoxy groups -OCH3 is 1. The molecule has 0 fully saturated rings. The molecule has 0 aromatic heterocycles. The zero-order valence-corrected chi connectivity index (χ0v) is 18.1. The molecule has 0 unspecified atom stereocenters. The van der Waals surface area contributed by atoms with E-state index in [2.05, 4.69) is 10.6 Å². The van der Waals surface area contributed by atoms with Crippen molar-refractivity contribution >= 4 is 27.1 Å². The number of hydrogen-bond donors (Lipinski definition) is 2. The second-order valence-corrected chi connectivity index (χ2v) is 8.40. The lowest BCUT2D eigenvalue weighted by Crippen LogP contribution is -2.22. The fourth-order valence-corrected chi connectivity index (χ4v) is 4.59. The highest BCUT2D eigenvalue weighted by molar-refractivity contribution is 7.91. The van der Waals surface area contributed by atoms with E-state index in [1.54, 1.807) is 60.7 Å². The van der Waals surface area contributed by atoms with E-state index in [1.807, 2.05) is 6.92 Å². The Balaban J connectivity index is 1.78. The number of benzene rings is 3. The van der Waals surface area contributed by atoms with Gasteiger partial charge in [0, 0.05) is 5.69 Å². The fourth-order valence-electron chi connectivity index (χ4n) is 2.99. The van der Waals surface area contributed by atoms with Crippen LogP contribution in [-0.2, 0) is 14.6 Å². The smallest absolute Gasteiger partial charge is 0.243 e. The van der Waals surface area contributed by atoms with E-state index in [4.69, 9.17) is 9.47 Å². The van der Waals surface area contributed by atoms with Gasteiger partial charge in [0.15, 0.2) is 0 Å². The van der Waals surface area contributed by atoms with Gasteiger partial charge in [0.2, 0.25) is 15.7 Å². The molecule has 0 bridgehead atoms. The summed E-state index contributed by atoms with van der Waals surface area (Å²) >= 11 is 0. The first-order valence-electron chi connectivity index (χ1n) is 9.69. The molecule has 0 saturated carbocycles. The van der Waals surface area contributed by atoms with Gasteiger partial charge in [0.25, 0.3) is 0 Å². The van der Waals surface area contributed by atoms with Gasteiger partial charge in [-0.1, -0.05) is 24.3 Å². The number of carbonyl (C=O) groups excluding carboxylic acids is 1. The molecule has 0 radical (unpaired) electrons. The maximum Gasteiger partial charge on any atom is 0.243 e. The van der Waals surface area contributed by atoms with Crippen LogP contribution < -0.4 is 20.1 Å². The first-order chi connectivity index (χ1) is 15.0. The van der Waals surface area contributed by atoms with E-state index in [9.17, 15) is 13.2 Å². The molecule has 0 saturated heterocycles. The normalized spacial score (nSPS) is 10.9. The van der Waals surface area contributed by atoms with Gasteiger partial charge in [0.05, 0.1) is 30.8 Å². The molecular formula is C23H24N2O5S. The van der Waals surface area contributed by atoms with Crippen LogP contribution >= 0.6 is 0 Å². The molecule has 31 heavy (non-hydrogen) atoms. The van der Waals surface area contributed by atoms with Crippen molar-refractivity contribution in [2.75, 3.05) is 30.9 Å². The number of hydrogen-bond acceptors (Lipinski definition) is 6. The minimum Gasteiger partial charge on any atom is -0.495 e. The highest BCUT2D eigenvalue weighted by Gasteiger charge is 2.26. The van der Waals surface area contributed by atoms with E-state index in [-0.39, 0.29) is 33.7 Å². The maximum atomic E-state index is 13.2. The van der Waals surface area contributed by atoms with E-state index in [1.165, 1.54) is 19.2 Å². The summed E-state index contributed by atoms with van der Waals surface area (Å²) in [6.45, 7) is 2.33. The van der Waals surface area contributed by atoms with Crippen LogP contribution in [0.25, 0.3) is 0 Å². The van der Waals surface area contributed by atoms with Crippen LogP contribution in [0.15, 0.2) is 82.6 Å². The van der Waals surface area contributed by atoms with Gasteiger partial charge in [-0.25, -0.2) is 8.42 Å². The molecule has 0 atom stereocenters. The Bertz CT molecular complexity index is 1130. The van der Waals surface area contributed by atoms with Crippen molar-refractivity contribution in [3.8, 4) is 11.5 Å². The van der Waals surface area contributed by atoms with E-state index >= 15 is 0 Å². The molecule has 3 rings (SSSR count). The molecule has 7 nitrogen and oxygen atoms in total. The standard InChI is InChI=1S/C23H24N2O5S/c1-3-30-18-14-12-17(13-15-18)25-22(26)16-24-20-10-7-11-21(29-2)23(20)31(27,28)19-8-5-4-6-9-19/h4-15,24H,3,16H2,1-2H3,(H,25,26). The summed E-state index contributed by atoms with van der Waals surface area (Å²) in [5, 5.41) is 5.68. The maximum absolute atomic E-state index is 13.2. The van der Waals surface area contributed by atoms with Gasteiger partial charge in [0.1, 0.15) is 16.4 Å². The monoisotopic (exact) mass is 440 g/mol. The molecule has 0 aliphatic heterocycles. The highest BCUT2D eigenvalue weighted by atomic mass is 32.2. The molecule has 0 aliphatic carbocycles. The molecule has 162 valence electrons. The van der Waals surface area contributed by atoms with Crippen LogP contribution in [0.2, 0.25) is 0 Å². The summed E-state index contributed by atoms with van der Waals surface area (Å²) in [7, 11) is -2.46. The lowest BCUT2D eigenvalue weighted by molar-refractivity contribution is -0.114. The van der Waals surface area contributed by atoms with Crippen LogP contribution in [0, 0.1) is 0 Å². The summed E-state index contributed by atoms with van der Waals surface area (Å²) in [6.07, 6.45) is 0. The molecule has 0 heterocycles. The molecule has 8 heteroatoms. The summed E-state index contributed by atoms with van der Waals surface area (Å²) in [4.78, 5) is 12.5. The van der Waals surface area contributed by atoms with Crippen LogP contribution in [0.5, 0.6) is 11.5 Å². The van der Waals surface area contributed by atoms with Gasteiger partial charge in [-0.05, 0) is 55.5 Å². The van der Waals surface area contributed by atoms with Gasteiger partial charge >= 0.3 is 0 Å². The van der Waals surface area contributed by atoms with Crippen molar-refractivity contribution in [1.29, 1.82) is 0 Å². The second kappa shape index (κ2) is 9.99. The average molecular weight is 441 g/mol. The van der Waals surface area contributed by atoms with Crippen LogP contribution in [0.4, 0.5) is 11.4 Å². The number of carbonyl (C=O) groups is 1. The molecule has 0 spiro atoms. The van der Waals surface area contributed by atoms with Crippen molar-refractivity contribution in [3.05, 3.63) is 72.8 Å². The third-order valence-electron chi connectivity index (χ3n) is 4.41. The van der Waals surface area contributed by atoms with Crippen LogP contribution in [0.3, 0.4) is 0 Å². The second-order valence-electron chi connectivity index (χ2n) is 6.51. The Labute approximate surface area is 181 Å². The molecular weight excluding hydrogens is 416 g/mol. The summed E-state index contributed by atoms with van der Waals surface area (Å²) < 4.78 is 37.1. The largest absolute Gasteiger partial charge is 0.495 e. The van der Waals surface area contributed by atoms with E-state index in [0.717, 1.165) is 0 Å². The van der Waals surface area contributed by atoms with Crippen LogP contribution in [0.1, 0.15) is 6.92 Å². The molecule has 0 aliphatic rings. The number of nitrogens with one attached hydrogen (secondary N) is 2. The van der Waals surface area contributed by atoms with E-state index < -0.39 is 9.84 Å². The number of rotatable bonds is 9. The quantitative estimate of drug-likeness (QED) is 0.523. The summed E-state index contributed by atoms with van der Waals surface area (Å²) in [6, 6.07) is 19.9. The van der Waals surface area contributed by atoms with Crippen molar-refractivity contribution in [2.24, 2.45) is 0 Å². The Morgan fingerprint density at radius 1 is 0.935 bits per heavy atom. The average Bonchev–Trinajstić information content (AvgIpc) is 2.79. The predicted octanol–water partition coefficient (Wildman–Crippen LogP) is 3.98. The van der Waals surface area contributed by atoms with Gasteiger partial charge in [-0.15, -0.1) is 0 Å².